The third-order valence-corrected chi connectivity index (χ3v) is 7.19. The SMILES string of the molecule is CCOC(=O)c1cc2cc(S(=O)(=O)N(C)C3CCNC3)ccc2s1. The minimum absolute atomic E-state index is 0.0248. The van der Waals surface area contributed by atoms with Crippen LogP contribution in [0, 0.1) is 0 Å². The minimum atomic E-state index is -3.55. The first kappa shape index (κ1) is 17.3. The number of likely N-dealkylation sites (N-methyl/N-ethyl adjacent to an activating group) is 1. The number of benzene rings is 1. The molecule has 1 unspecified atom stereocenters. The number of nitrogens with one attached hydrogen (secondary N) is 1. The predicted octanol–water partition coefficient (Wildman–Crippen LogP) is 2.06. The number of carbonyl (C=O) groups excluding carboxylic acids is 1. The van der Waals surface area contributed by atoms with E-state index < -0.39 is 10.0 Å². The first-order chi connectivity index (χ1) is 11.4. The van der Waals surface area contributed by atoms with Crippen LogP contribution in [0.3, 0.4) is 0 Å². The molecule has 2 heterocycles. The average molecular weight is 368 g/mol. The molecule has 0 spiro atoms. The second-order valence-electron chi connectivity index (χ2n) is 5.70. The number of hydrogen-bond acceptors (Lipinski definition) is 6. The minimum Gasteiger partial charge on any atom is -0.462 e. The summed E-state index contributed by atoms with van der Waals surface area (Å²) in [4.78, 5) is 12.6. The van der Waals surface area contributed by atoms with Gasteiger partial charge in [-0.3, -0.25) is 0 Å². The lowest BCUT2D eigenvalue weighted by molar-refractivity contribution is 0.0532. The normalized spacial score (nSPS) is 18.4. The summed E-state index contributed by atoms with van der Waals surface area (Å²) >= 11 is 1.31. The molecule has 24 heavy (non-hydrogen) atoms. The zero-order valence-electron chi connectivity index (χ0n) is 13.6. The number of esters is 1. The maximum absolute atomic E-state index is 12.8. The van der Waals surface area contributed by atoms with Gasteiger partial charge in [-0.15, -0.1) is 11.3 Å². The Kier molecular flexibility index (Phi) is 4.91. The Labute approximate surface area is 145 Å². The molecule has 1 saturated heterocycles. The van der Waals surface area contributed by atoms with Gasteiger partial charge in [-0.05, 0) is 49.5 Å². The first-order valence-electron chi connectivity index (χ1n) is 7.83. The molecular weight excluding hydrogens is 348 g/mol. The van der Waals surface area contributed by atoms with E-state index in [2.05, 4.69) is 5.32 Å². The molecule has 0 aliphatic carbocycles. The average Bonchev–Trinajstić information content (AvgIpc) is 3.22. The van der Waals surface area contributed by atoms with Crippen LogP contribution in [0.1, 0.15) is 23.0 Å². The smallest absolute Gasteiger partial charge is 0.348 e. The number of hydrogen-bond donors (Lipinski definition) is 1. The molecule has 1 N–H and O–H groups in total. The van der Waals surface area contributed by atoms with Crippen molar-refractivity contribution in [2.75, 3.05) is 26.7 Å². The van der Waals surface area contributed by atoms with Gasteiger partial charge in [0.15, 0.2) is 0 Å². The summed E-state index contributed by atoms with van der Waals surface area (Å²) in [6.45, 7) is 3.57. The molecule has 2 aromatic rings. The second kappa shape index (κ2) is 6.79. The molecule has 1 aromatic carbocycles. The number of ether oxygens (including phenoxy) is 1. The molecule has 0 bridgehead atoms. The number of sulfonamides is 1. The van der Waals surface area contributed by atoms with E-state index in [0.29, 0.717) is 18.0 Å². The molecule has 1 aliphatic heterocycles. The highest BCUT2D eigenvalue weighted by Crippen LogP contribution is 2.30. The molecule has 1 aliphatic rings. The standard InChI is InChI=1S/C16H20N2O4S2/c1-3-22-16(19)15-9-11-8-13(4-5-14(11)23-15)24(20,21)18(2)12-6-7-17-10-12/h4-5,8-9,12,17H,3,6-7,10H2,1-2H3. The van der Waals surface area contributed by atoms with Crippen molar-refractivity contribution in [1.82, 2.24) is 9.62 Å². The van der Waals surface area contributed by atoms with Gasteiger partial charge in [0.25, 0.3) is 0 Å². The summed E-state index contributed by atoms with van der Waals surface area (Å²) < 4.78 is 32.9. The highest BCUT2D eigenvalue weighted by atomic mass is 32.2. The van der Waals surface area contributed by atoms with Crippen molar-refractivity contribution in [3.63, 3.8) is 0 Å². The molecule has 6 nitrogen and oxygen atoms in total. The van der Waals surface area contributed by atoms with E-state index >= 15 is 0 Å². The quantitative estimate of drug-likeness (QED) is 0.818. The molecule has 130 valence electrons. The van der Waals surface area contributed by atoms with E-state index in [1.807, 2.05) is 0 Å². The predicted molar refractivity (Wildman–Crippen MR) is 94.0 cm³/mol. The lowest BCUT2D eigenvalue weighted by Crippen LogP contribution is -2.38. The molecule has 0 saturated carbocycles. The van der Waals surface area contributed by atoms with Gasteiger partial charge in [0.1, 0.15) is 4.88 Å². The van der Waals surface area contributed by atoms with Crippen LogP contribution in [0.5, 0.6) is 0 Å². The Morgan fingerprint density at radius 3 is 2.88 bits per heavy atom. The zero-order valence-corrected chi connectivity index (χ0v) is 15.2. The zero-order chi connectivity index (χ0) is 17.3. The van der Waals surface area contributed by atoms with Crippen LogP contribution in [0.15, 0.2) is 29.2 Å². The van der Waals surface area contributed by atoms with Gasteiger partial charge in [0.2, 0.25) is 10.0 Å². The lowest BCUT2D eigenvalue weighted by Gasteiger charge is -2.23. The van der Waals surface area contributed by atoms with Gasteiger partial charge in [0, 0.05) is 24.3 Å². The second-order valence-corrected chi connectivity index (χ2v) is 8.78. The Bertz CT molecular complexity index is 854. The summed E-state index contributed by atoms with van der Waals surface area (Å²) in [6.07, 6.45) is 0.809. The van der Waals surface area contributed by atoms with Crippen LogP contribution in [0.4, 0.5) is 0 Å². The summed E-state index contributed by atoms with van der Waals surface area (Å²) in [5, 5.41) is 3.92. The van der Waals surface area contributed by atoms with E-state index in [1.165, 1.54) is 15.6 Å². The summed E-state index contributed by atoms with van der Waals surface area (Å²) in [5.74, 6) is -0.378. The number of fused-ring (bicyclic) bond motifs is 1. The largest absolute Gasteiger partial charge is 0.462 e. The van der Waals surface area contributed by atoms with Crippen LogP contribution in [-0.4, -0.2) is 51.5 Å². The Hall–Kier alpha value is -1.48. The summed E-state index contributed by atoms with van der Waals surface area (Å²) in [5.41, 5.74) is 0. The van der Waals surface area contributed by atoms with Crippen molar-refractivity contribution in [3.8, 4) is 0 Å². The van der Waals surface area contributed by atoms with Crippen molar-refractivity contribution in [1.29, 1.82) is 0 Å². The molecule has 0 radical (unpaired) electrons. The van der Waals surface area contributed by atoms with Crippen molar-refractivity contribution in [2.45, 2.75) is 24.3 Å². The van der Waals surface area contributed by atoms with E-state index in [9.17, 15) is 13.2 Å². The van der Waals surface area contributed by atoms with E-state index in [-0.39, 0.29) is 16.9 Å². The van der Waals surface area contributed by atoms with Gasteiger partial charge in [0.05, 0.1) is 11.5 Å². The van der Waals surface area contributed by atoms with Crippen LogP contribution in [0.25, 0.3) is 10.1 Å². The van der Waals surface area contributed by atoms with Crippen LogP contribution in [0.2, 0.25) is 0 Å². The molecule has 3 rings (SSSR count). The fourth-order valence-corrected chi connectivity index (χ4v) is 5.15. The van der Waals surface area contributed by atoms with E-state index in [4.69, 9.17) is 4.74 Å². The fraction of sp³-hybridized carbons (Fsp3) is 0.438. The monoisotopic (exact) mass is 368 g/mol. The molecule has 1 fully saturated rings. The number of rotatable bonds is 5. The Morgan fingerprint density at radius 2 is 2.21 bits per heavy atom. The number of carbonyl (C=O) groups is 1. The molecule has 1 atom stereocenters. The Balaban J connectivity index is 1.93. The van der Waals surface area contributed by atoms with Gasteiger partial charge < -0.3 is 10.1 Å². The van der Waals surface area contributed by atoms with Crippen molar-refractivity contribution >= 4 is 37.4 Å². The lowest BCUT2D eigenvalue weighted by atomic mass is 10.2. The van der Waals surface area contributed by atoms with Crippen LogP contribution in [-0.2, 0) is 14.8 Å². The van der Waals surface area contributed by atoms with E-state index in [0.717, 1.165) is 23.1 Å². The van der Waals surface area contributed by atoms with Crippen molar-refractivity contribution in [3.05, 3.63) is 29.1 Å². The highest BCUT2D eigenvalue weighted by Gasteiger charge is 2.30. The molecular formula is C16H20N2O4S2. The number of thiophene rings is 1. The van der Waals surface area contributed by atoms with Gasteiger partial charge >= 0.3 is 5.97 Å². The fourth-order valence-electron chi connectivity index (χ4n) is 2.80. The molecule has 1 aromatic heterocycles. The number of nitrogens with zero attached hydrogens (tertiary/aromatic N) is 1. The summed E-state index contributed by atoms with van der Waals surface area (Å²) in [6, 6.07) is 6.64. The van der Waals surface area contributed by atoms with Gasteiger partial charge in [-0.1, -0.05) is 0 Å². The van der Waals surface area contributed by atoms with Crippen molar-refractivity contribution in [2.24, 2.45) is 0 Å². The van der Waals surface area contributed by atoms with Gasteiger partial charge in [-0.25, -0.2) is 13.2 Å². The maximum Gasteiger partial charge on any atom is 0.348 e. The molecule has 8 heteroatoms. The maximum atomic E-state index is 12.8. The third kappa shape index (κ3) is 3.19. The van der Waals surface area contributed by atoms with E-state index in [1.54, 1.807) is 38.2 Å². The molecule has 0 amide bonds. The highest BCUT2D eigenvalue weighted by molar-refractivity contribution is 7.89. The Morgan fingerprint density at radius 1 is 1.42 bits per heavy atom. The van der Waals surface area contributed by atoms with Gasteiger partial charge in [-0.2, -0.15) is 4.31 Å². The summed E-state index contributed by atoms with van der Waals surface area (Å²) in [7, 11) is -1.93. The van der Waals surface area contributed by atoms with Crippen molar-refractivity contribution < 1.29 is 17.9 Å². The topological polar surface area (TPSA) is 75.7 Å². The van der Waals surface area contributed by atoms with Crippen LogP contribution < -0.4 is 5.32 Å². The van der Waals surface area contributed by atoms with Crippen LogP contribution >= 0.6 is 11.3 Å². The third-order valence-electron chi connectivity index (χ3n) is 4.19. The first-order valence-corrected chi connectivity index (χ1v) is 10.1.